The lowest BCUT2D eigenvalue weighted by molar-refractivity contribution is 0.0766. The van der Waals surface area contributed by atoms with Crippen LogP contribution >= 0.6 is 0 Å². The van der Waals surface area contributed by atoms with Crippen molar-refractivity contribution < 1.29 is 4.74 Å². The Morgan fingerprint density at radius 1 is 1.29 bits per heavy atom. The zero-order chi connectivity index (χ0) is 12.5. The first-order valence-corrected chi connectivity index (χ1v) is 7.29. The van der Waals surface area contributed by atoms with E-state index in [1.165, 1.54) is 38.9 Å². The fourth-order valence-electron chi connectivity index (χ4n) is 2.37. The van der Waals surface area contributed by atoms with Crippen molar-refractivity contribution in [3.63, 3.8) is 0 Å². The molecule has 1 atom stereocenters. The minimum absolute atomic E-state index is 0.367. The molecule has 0 amide bonds. The minimum Gasteiger partial charge on any atom is -0.379 e. The molecule has 0 radical (unpaired) electrons. The molecule has 1 unspecified atom stereocenters. The Morgan fingerprint density at radius 3 is 2.82 bits per heavy atom. The SMILES string of the molecule is CCN1CCCC(NCCCOC(C)C)CC1. The zero-order valence-electron chi connectivity index (χ0n) is 11.9. The Balaban J connectivity index is 2.03. The van der Waals surface area contributed by atoms with Crippen LogP contribution in [0.15, 0.2) is 0 Å². The van der Waals surface area contributed by atoms with E-state index in [4.69, 9.17) is 4.74 Å². The maximum Gasteiger partial charge on any atom is 0.0518 e. The van der Waals surface area contributed by atoms with Crippen LogP contribution in [0.2, 0.25) is 0 Å². The van der Waals surface area contributed by atoms with Crippen LogP contribution in [0.3, 0.4) is 0 Å². The molecule has 1 saturated heterocycles. The Morgan fingerprint density at radius 2 is 2.12 bits per heavy atom. The van der Waals surface area contributed by atoms with E-state index in [0.29, 0.717) is 6.10 Å². The molecule has 0 saturated carbocycles. The quantitative estimate of drug-likeness (QED) is 0.693. The summed E-state index contributed by atoms with van der Waals surface area (Å²) in [4.78, 5) is 2.56. The fraction of sp³-hybridized carbons (Fsp3) is 1.00. The Hall–Kier alpha value is -0.120. The molecule has 0 bridgehead atoms. The van der Waals surface area contributed by atoms with E-state index in [-0.39, 0.29) is 0 Å². The number of hydrogen-bond donors (Lipinski definition) is 1. The van der Waals surface area contributed by atoms with E-state index < -0.39 is 0 Å². The van der Waals surface area contributed by atoms with Gasteiger partial charge in [-0.1, -0.05) is 6.92 Å². The molecular weight excluding hydrogens is 212 g/mol. The Labute approximate surface area is 107 Å². The van der Waals surface area contributed by atoms with Crippen LogP contribution in [0.5, 0.6) is 0 Å². The van der Waals surface area contributed by atoms with E-state index in [1.54, 1.807) is 0 Å². The molecule has 3 nitrogen and oxygen atoms in total. The molecule has 1 rings (SSSR count). The smallest absolute Gasteiger partial charge is 0.0518 e. The predicted molar refractivity (Wildman–Crippen MR) is 73.5 cm³/mol. The average Bonchev–Trinajstić information content (AvgIpc) is 2.53. The van der Waals surface area contributed by atoms with Gasteiger partial charge in [-0.25, -0.2) is 0 Å². The summed E-state index contributed by atoms with van der Waals surface area (Å²) in [5.41, 5.74) is 0. The fourth-order valence-corrected chi connectivity index (χ4v) is 2.37. The summed E-state index contributed by atoms with van der Waals surface area (Å²) < 4.78 is 5.54. The standard InChI is InChI=1S/C14H30N2O/c1-4-16-10-5-7-14(8-11-16)15-9-6-12-17-13(2)3/h13-15H,4-12H2,1-3H3. The number of rotatable bonds is 7. The molecule has 1 aliphatic rings. The van der Waals surface area contributed by atoms with Crippen molar-refractivity contribution in [1.82, 2.24) is 10.2 Å². The van der Waals surface area contributed by atoms with Gasteiger partial charge in [-0.2, -0.15) is 0 Å². The molecule has 0 aromatic rings. The minimum atomic E-state index is 0.367. The third-order valence-electron chi connectivity index (χ3n) is 3.47. The normalized spacial score (nSPS) is 22.9. The van der Waals surface area contributed by atoms with Gasteiger partial charge in [-0.05, 0) is 65.7 Å². The van der Waals surface area contributed by atoms with Crippen LogP contribution in [0.25, 0.3) is 0 Å². The van der Waals surface area contributed by atoms with Crippen molar-refractivity contribution in [3.8, 4) is 0 Å². The highest BCUT2D eigenvalue weighted by Crippen LogP contribution is 2.10. The van der Waals surface area contributed by atoms with Gasteiger partial charge in [0.15, 0.2) is 0 Å². The van der Waals surface area contributed by atoms with E-state index in [1.807, 2.05) is 0 Å². The van der Waals surface area contributed by atoms with Gasteiger partial charge in [0, 0.05) is 12.6 Å². The highest BCUT2D eigenvalue weighted by Gasteiger charge is 2.14. The predicted octanol–water partition coefficient (Wildman–Crippen LogP) is 2.27. The van der Waals surface area contributed by atoms with Crippen LogP contribution in [-0.4, -0.2) is 49.8 Å². The maximum absolute atomic E-state index is 5.54. The molecular formula is C14H30N2O. The van der Waals surface area contributed by atoms with Crippen molar-refractivity contribution in [1.29, 1.82) is 0 Å². The summed E-state index contributed by atoms with van der Waals surface area (Å²) in [7, 11) is 0. The second kappa shape index (κ2) is 8.90. The summed E-state index contributed by atoms with van der Waals surface area (Å²) in [6, 6.07) is 0.727. The van der Waals surface area contributed by atoms with Crippen LogP contribution in [0.1, 0.15) is 46.5 Å². The molecule has 0 aliphatic carbocycles. The molecule has 1 fully saturated rings. The molecule has 17 heavy (non-hydrogen) atoms. The van der Waals surface area contributed by atoms with Gasteiger partial charge in [0.1, 0.15) is 0 Å². The second-order valence-electron chi connectivity index (χ2n) is 5.29. The van der Waals surface area contributed by atoms with Gasteiger partial charge in [-0.15, -0.1) is 0 Å². The first-order valence-electron chi connectivity index (χ1n) is 7.29. The van der Waals surface area contributed by atoms with Crippen LogP contribution < -0.4 is 5.32 Å². The van der Waals surface area contributed by atoms with E-state index in [2.05, 4.69) is 31.0 Å². The Kier molecular flexibility index (Phi) is 7.82. The van der Waals surface area contributed by atoms with Crippen LogP contribution in [0.4, 0.5) is 0 Å². The number of nitrogens with zero attached hydrogens (tertiary/aromatic N) is 1. The molecule has 3 heteroatoms. The lowest BCUT2D eigenvalue weighted by Crippen LogP contribution is -2.32. The summed E-state index contributed by atoms with van der Waals surface area (Å²) in [6.45, 7) is 12.2. The number of hydrogen-bond acceptors (Lipinski definition) is 3. The molecule has 0 spiro atoms. The van der Waals surface area contributed by atoms with E-state index in [9.17, 15) is 0 Å². The molecule has 102 valence electrons. The second-order valence-corrected chi connectivity index (χ2v) is 5.29. The largest absolute Gasteiger partial charge is 0.379 e. The van der Waals surface area contributed by atoms with Crippen molar-refractivity contribution in [2.45, 2.75) is 58.6 Å². The highest BCUT2D eigenvalue weighted by molar-refractivity contribution is 4.74. The molecule has 0 aromatic carbocycles. The van der Waals surface area contributed by atoms with Gasteiger partial charge in [-0.3, -0.25) is 0 Å². The monoisotopic (exact) mass is 242 g/mol. The van der Waals surface area contributed by atoms with E-state index in [0.717, 1.165) is 25.6 Å². The molecule has 0 aromatic heterocycles. The first kappa shape index (κ1) is 14.9. The van der Waals surface area contributed by atoms with Crippen molar-refractivity contribution in [2.24, 2.45) is 0 Å². The van der Waals surface area contributed by atoms with E-state index >= 15 is 0 Å². The summed E-state index contributed by atoms with van der Waals surface area (Å²) in [5.74, 6) is 0. The molecule has 1 N–H and O–H groups in total. The summed E-state index contributed by atoms with van der Waals surface area (Å²) >= 11 is 0. The van der Waals surface area contributed by atoms with Gasteiger partial charge < -0.3 is 15.0 Å². The third kappa shape index (κ3) is 7.02. The molecule has 1 heterocycles. The Bertz CT molecular complexity index is 185. The maximum atomic E-state index is 5.54. The zero-order valence-corrected chi connectivity index (χ0v) is 11.9. The van der Waals surface area contributed by atoms with Crippen LogP contribution in [-0.2, 0) is 4.74 Å². The molecule has 1 aliphatic heterocycles. The van der Waals surface area contributed by atoms with Gasteiger partial charge in [0.05, 0.1) is 6.10 Å². The topological polar surface area (TPSA) is 24.5 Å². The van der Waals surface area contributed by atoms with Crippen molar-refractivity contribution in [3.05, 3.63) is 0 Å². The highest BCUT2D eigenvalue weighted by atomic mass is 16.5. The summed E-state index contributed by atoms with van der Waals surface area (Å²) in [6.07, 6.45) is 5.48. The first-order chi connectivity index (χ1) is 8.22. The van der Waals surface area contributed by atoms with Gasteiger partial charge >= 0.3 is 0 Å². The summed E-state index contributed by atoms with van der Waals surface area (Å²) in [5, 5.41) is 3.67. The van der Waals surface area contributed by atoms with Crippen molar-refractivity contribution in [2.75, 3.05) is 32.8 Å². The van der Waals surface area contributed by atoms with Crippen molar-refractivity contribution >= 4 is 0 Å². The van der Waals surface area contributed by atoms with Gasteiger partial charge in [0.2, 0.25) is 0 Å². The number of ether oxygens (including phenoxy) is 1. The lowest BCUT2D eigenvalue weighted by atomic mass is 10.1. The number of likely N-dealkylation sites (tertiary alicyclic amines) is 1. The van der Waals surface area contributed by atoms with Gasteiger partial charge in [0.25, 0.3) is 0 Å². The number of nitrogens with one attached hydrogen (secondary N) is 1. The lowest BCUT2D eigenvalue weighted by Gasteiger charge is -2.18. The average molecular weight is 242 g/mol. The third-order valence-corrected chi connectivity index (χ3v) is 3.47. The van der Waals surface area contributed by atoms with Crippen LogP contribution in [0, 0.1) is 0 Å².